The first-order valence-electron chi connectivity index (χ1n) is 9.84. The van der Waals surface area contributed by atoms with Gasteiger partial charge in [-0.05, 0) is 86.8 Å². The zero-order valence-electron chi connectivity index (χ0n) is 15.4. The van der Waals surface area contributed by atoms with E-state index in [0.29, 0.717) is 11.3 Å². The Kier molecular flexibility index (Phi) is 4.23. The first-order chi connectivity index (χ1) is 11.8. The van der Waals surface area contributed by atoms with Crippen molar-refractivity contribution in [1.82, 2.24) is 5.43 Å². The smallest absolute Gasteiger partial charge is 0.184 e. The highest BCUT2D eigenvalue weighted by Gasteiger charge is 2.57. The molecule has 0 amide bonds. The van der Waals surface area contributed by atoms with Crippen LogP contribution in [-0.2, 0) is 0 Å². The van der Waals surface area contributed by atoms with E-state index in [1.807, 2.05) is 0 Å². The van der Waals surface area contributed by atoms with Crippen LogP contribution in [0.5, 0.6) is 0 Å². The normalized spacial score (nSPS) is 47.5. The summed E-state index contributed by atoms with van der Waals surface area (Å²) in [6.07, 6.45) is 11.3. The SMILES string of the molecule is C[C@]12CC[C@H](O)CC1=CC[C@@H]1[C@@H]2CC[C@]2(C)C(=NNC(N)=S)CC[C@@H]12. The zero-order chi connectivity index (χ0) is 17.8. The number of thiocarbonyl (C=S) groups is 1. The highest BCUT2D eigenvalue weighted by Crippen LogP contribution is 2.64. The van der Waals surface area contributed by atoms with Crippen LogP contribution in [0.1, 0.15) is 65.2 Å². The molecule has 0 aromatic heterocycles. The summed E-state index contributed by atoms with van der Waals surface area (Å²) in [5.74, 6) is 2.22. The number of allylic oxidation sites excluding steroid dienone is 1. The number of hydrogen-bond donors (Lipinski definition) is 3. The molecule has 6 atom stereocenters. The van der Waals surface area contributed by atoms with Crippen LogP contribution in [-0.4, -0.2) is 22.0 Å². The number of hydrogen-bond acceptors (Lipinski definition) is 3. The molecular weight excluding hydrogens is 330 g/mol. The molecule has 4 aliphatic carbocycles. The second-order valence-corrected chi connectivity index (χ2v) is 9.63. The van der Waals surface area contributed by atoms with Gasteiger partial charge < -0.3 is 10.8 Å². The van der Waals surface area contributed by atoms with Crippen LogP contribution in [0.2, 0.25) is 0 Å². The number of nitrogens with two attached hydrogens (primary N) is 1. The fourth-order valence-corrected chi connectivity index (χ4v) is 6.78. The Morgan fingerprint density at radius 3 is 2.72 bits per heavy atom. The third kappa shape index (κ3) is 2.66. The average Bonchev–Trinajstić information content (AvgIpc) is 2.90. The molecule has 4 rings (SSSR count). The summed E-state index contributed by atoms with van der Waals surface area (Å²) in [7, 11) is 0. The van der Waals surface area contributed by atoms with Gasteiger partial charge in [-0.25, -0.2) is 0 Å². The van der Waals surface area contributed by atoms with E-state index in [0.717, 1.165) is 37.5 Å². The van der Waals surface area contributed by atoms with Crippen molar-refractivity contribution >= 4 is 23.0 Å². The molecule has 3 saturated carbocycles. The molecule has 0 spiro atoms. The number of aliphatic hydroxyl groups is 1. The van der Waals surface area contributed by atoms with Gasteiger partial charge in [0.15, 0.2) is 5.11 Å². The second kappa shape index (κ2) is 6.05. The van der Waals surface area contributed by atoms with Gasteiger partial charge in [0.2, 0.25) is 0 Å². The van der Waals surface area contributed by atoms with Gasteiger partial charge in [-0.2, -0.15) is 5.10 Å². The van der Waals surface area contributed by atoms with E-state index < -0.39 is 0 Å². The average molecular weight is 362 g/mol. The summed E-state index contributed by atoms with van der Waals surface area (Å²) < 4.78 is 0. The zero-order valence-corrected chi connectivity index (χ0v) is 16.2. The molecule has 4 N–H and O–H groups in total. The van der Waals surface area contributed by atoms with E-state index in [-0.39, 0.29) is 16.6 Å². The fraction of sp³-hybridized carbons (Fsp3) is 0.800. The predicted molar refractivity (Wildman–Crippen MR) is 105 cm³/mol. The Morgan fingerprint density at radius 1 is 1.24 bits per heavy atom. The number of hydrazone groups is 1. The van der Waals surface area contributed by atoms with Crippen molar-refractivity contribution in [1.29, 1.82) is 0 Å². The summed E-state index contributed by atoms with van der Waals surface area (Å²) in [5.41, 5.74) is 11.7. The Morgan fingerprint density at radius 2 is 1.96 bits per heavy atom. The second-order valence-electron chi connectivity index (χ2n) is 9.19. The quantitative estimate of drug-likeness (QED) is 0.380. The molecular formula is C20H31N3OS. The molecule has 5 heteroatoms. The van der Waals surface area contributed by atoms with E-state index in [4.69, 9.17) is 18.0 Å². The van der Waals surface area contributed by atoms with Crippen LogP contribution in [0, 0.1) is 28.6 Å². The lowest BCUT2D eigenvalue weighted by molar-refractivity contribution is -0.0209. The van der Waals surface area contributed by atoms with Crippen molar-refractivity contribution in [3.05, 3.63) is 11.6 Å². The molecule has 0 heterocycles. The van der Waals surface area contributed by atoms with Crippen LogP contribution in [0.3, 0.4) is 0 Å². The molecule has 0 saturated heterocycles. The highest BCUT2D eigenvalue weighted by molar-refractivity contribution is 7.80. The summed E-state index contributed by atoms with van der Waals surface area (Å²) in [6.45, 7) is 4.88. The molecule has 0 bridgehead atoms. The van der Waals surface area contributed by atoms with Gasteiger partial charge in [0.1, 0.15) is 0 Å². The van der Waals surface area contributed by atoms with Gasteiger partial charge in [-0.1, -0.05) is 25.5 Å². The lowest BCUT2D eigenvalue weighted by Gasteiger charge is -2.57. The predicted octanol–water partition coefficient (Wildman–Crippen LogP) is 3.50. The van der Waals surface area contributed by atoms with Crippen LogP contribution < -0.4 is 11.2 Å². The minimum atomic E-state index is -0.124. The van der Waals surface area contributed by atoms with Gasteiger partial charge in [0, 0.05) is 11.1 Å². The topological polar surface area (TPSA) is 70.6 Å². The number of nitrogens with one attached hydrogen (secondary N) is 1. The molecule has 138 valence electrons. The number of aliphatic hydroxyl groups excluding tert-OH is 1. The molecule has 25 heavy (non-hydrogen) atoms. The van der Waals surface area contributed by atoms with Gasteiger partial charge in [0.05, 0.1) is 6.10 Å². The largest absolute Gasteiger partial charge is 0.393 e. The molecule has 4 aliphatic rings. The van der Waals surface area contributed by atoms with Crippen molar-refractivity contribution in [3.63, 3.8) is 0 Å². The monoisotopic (exact) mass is 361 g/mol. The minimum Gasteiger partial charge on any atom is -0.393 e. The van der Waals surface area contributed by atoms with Crippen LogP contribution in [0.15, 0.2) is 16.8 Å². The van der Waals surface area contributed by atoms with E-state index in [1.54, 1.807) is 0 Å². The molecule has 4 nitrogen and oxygen atoms in total. The Bertz CT molecular complexity index is 645. The first-order valence-corrected chi connectivity index (χ1v) is 10.3. The van der Waals surface area contributed by atoms with Crippen LogP contribution >= 0.6 is 12.2 Å². The maximum absolute atomic E-state index is 10.1. The van der Waals surface area contributed by atoms with Gasteiger partial charge >= 0.3 is 0 Å². The Balaban J connectivity index is 1.62. The summed E-state index contributed by atoms with van der Waals surface area (Å²) >= 11 is 4.93. The standard InChI is InChI=1S/C20H31N3OS/c1-19-9-7-13(24)11-12(19)3-4-14-15-5-6-17(22-23-18(21)25)20(15,2)10-8-16(14)19/h3,13-16,24H,4-11H2,1-2H3,(H3,21,23,25)/t13-,14-,15-,16-,19-,20-/m0/s1. The number of rotatable bonds is 1. The summed E-state index contributed by atoms with van der Waals surface area (Å²) in [6, 6.07) is 0. The third-order valence-electron chi connectivity index (χ3n) is 8.12. The van der Waals surface area contributed by atoms with Crippen molar-refractivity contribution in [3.8, 4) is 0 Å². The molecule has 0 aromatic carbocycles. The molecule has 3 fully saturated rings. The highest BCUT2D eigenvalue weighted by atomic mass is 32.1. The first kappa shape index (κ1) is 17.5. The van der Waals surface area contributed by atoms with E-state index >= 15 is 0 Å². The van der Waals surface area contributed by atoms with Gasteiger partial charge in [0.25, 0.3) is 0 Å². The maximum Gasteiger partial charge on any atom is 0.184 e. The van der Waals surface area contributed by atoms with Crippen molar-refractivity contribution in [2.45, 2.75) is 71.3 Å². The maximum atomic E-state index is 10.1. The van der Waals surface area contributed by atoms with Crippen molar-refractivity contribution < 1.29 is 5.11 Å². The Hall–Kier alpha value is -0.940. The van der Waals surface area contributed by atoms with Gasteiger partial charge in [-0.15, -0.1) is 0 Å². The fourth-order valence-electron chi connectivity index (χ4n) is 6.74. The summed E-state index contributed by atoms with van der Waals surface area (Å²) in [4.78, 5) is 0. The van der Waals surface area contributed by atoms with E-state index in [9.17, 15) is 5.11 Å². The van der Waals surface area contributed by atoms with Crippen LogP contribution in [0.4, 0.5) is 0 Å². The van der Waals surface area contributed by atoms with Crippen LogP contribution in [0.25, 0.3) is 0 Å². The van der Waals surface area contributed by atoms with Gasteiger partial charge in [-0.3, -0.25) is 5.43 Å². The molecule has 0 aromatic rings. The van der Waals surface area contributed by atoms with E-state index in [1.165, 1.54) is 37.0 Å². The molecule has 0 aliphatic heterocycles. The summed E-state index contributed by atoms with van der Waals surface area (Å²) in [5, 5.41) is 14.9. The molecule has 0 unspecified atom stereocenters. The van der Waals surface area contributed by atoms with Crippen molar-refractivity contribution in [2.75, 3.05) is 0 Å². The number of fused-ring (bicyclic) bond motifs is 5. The number of nitrogens with zero attached hydrogens (tertiary/aromatic N) is 1. The van der Waals surface area contributed by atoms with Crippen molar-refractivity contribution in [2.24, 2.45) is 39.4 Å². The van der Waals surface area contributed by atoms with E-state index in [2.05, 4.69) is 30.5 Å². The Labute approximate surface area is 156 Å². The molecule has 0 radical (unpaired) electrons. The lowest BCUT2D eigenvalue weighted by atomic mass is 9.48. The minimum absolute atomic E-state index is 0.124. The third-order valence-corrected chi connectivity index (χ3v) is 8.21. The lowest BCUT2D eigenvalue weighted by Crippen LogP contribution is -2.50.